The average molecular weight is 491 g/mol. The molecule has 184 valence electrons. The number of benzene rings is 1. The first-order valence-electron chi connectivity index (χ1n) is 10.7. The summed E-state index contributed by atoms with van der Waals surface area (Å²) in [6, 6.07) is 5.39. The number of nitrogens with one attached hydrogen (secondary N) is 1. The third-order valence-electron chi connectivity index (χ3n) is 5.14. The Bertz CT molecular complexity index is 1040. The lowest BCUT2D eigenvalue weighted by atomic mass is 10.2. The monoisotopic (exact) mass is 490 g/mol. The van der Waals surface area contributed by atoms with E-state index in [9.17, 15) is 9.66 Å². The predicted octanol–water partition coefficient (Wildman–Crippen LogP) is 2.16. The van der Waals surface area contributed by atoms with Gasteiger partial charge in [0.05, 0.1) is 25.6 Å². The van der Waals surface area contributed by atoms with Crippen LogP contribution in [0.4, 0.5) is 5.95 Å². The minimum absolute atomic E-state index is 0.196. The molecule has 3 atom stereocenters. The van der Waals surface area contributed by atoms with Gasteiger partial charge in [0.15, 0.2) is 17.2 Å². The highest BCUT2D eigenvalue weighted by atomic mass is 32.2. The number of anilines is 1. The van der Waals surface area contributed by atoms with E-state index >= 15 is 0 Å². The smallest absolute Gasteiger partial charge is 0.271 e. The maximum atomic E-state index is 13.2. The maximum absolute atomic E-state index is 13.2. The molecule has 1 aromatic carbocycles. The zero-order chi connectivity index (χ0) is 24.7. The molecule has 11 nitrogen and oxygen atoms in total. The van der Waals surface area contributed by atoms with Gasteiger partial charge in [-0.15, -0.1) is 10.2 Å². The predicted molar refractivity (Wildman–Crippen MR) is 128 cm³/mol. The third kappa shape index (κ3) is 5.76. The van der Waals surface area contributed by atoms with E-state index in [4.69, 9.17) is 14.2 Å². The Kier molecular flexibility index (Phi) is 9.05. The third-order valence-corrected chi connectivity index (χ3v) is 6.46. The van der Waals surface area contributed by atoms with Gasteiger partial charge < -0.3 is 23.9 Å². The second-order valence-electron chi connectivity index (χ2n) is 7.55. The number of aliphatic hydroxyl groups excluding tert-OH is 1. The summed E-state index contributed by atoms with van der Waals surface area (Å²) in [6.07, 6.45) is 3.31. The number of aliphatic hydroxyl groups is 1. The number of rotatable bonds is 12. The molecule has 0 amide bonds. The Hall–Kier alpha value is -2.93. The van der Waals surface area contributed by atoms with Crippen molar-refractivity contribution in [3.63, 3.8) is 0 Å². The van der Waals surface area contributed by atoms with E-state index in [0.717, 1.165) is 5.56 Å². The maximum Gasteiger partial charge on any atom is 0.271 e. The zero-order valence-electron chi connectivity index (χ0n) is 19.9. The highest BCUT2D eigenvalue weighted by Gasteiger charge is 2.32. The molecule has 0 bridgehead atoms. The van der Waals surface area contributed by atoms with Crippen LogP contribution in [-0.2, 0) is 22.5 Å². The lowest BCUT2D eigenvalue weighted by Gasteiger charge is -2.22. The van der Waals surface area contributed by atoms with Gasteiger partial charge in [0.25, 0.3) is 5.95 Å². The second kappa shape index (κ2) is 12.0. The van der Waals surface area contributed by atoms with Crippen molar-refractivity contribution < 1.29 is 23.9 Å². The fourth-order valence-corrected chi connectivity index (χ4v) is 4.13. The zero-order valence-corrected chi connectivity index (χ0v) is 20.7. The standard InChI is InChI=1S/C22H30N6O5S/c1-14-12-23-21(24-13-14)20(29)15(2)34(30)27-22-26-25-18(10-7-11-31-3)28(22)19-16(32-4)8-6-9-17(19)33-5/h6,8-9,12-13,15,20,29H,7,10-11H2,1-5H3,(H,26,27). The van der Waals surface area contributed by atoms with Gasteiger partial charge in [0.2, 0.25) is 0 Å². The Morgan fingerprint density at radius 1 is 1.12 bits per heavy atom. The molecule has 3 unspecified atom stereocenters. The Morgan fingerprint density at radius 2 is 1.76 bits per heavy atom. The molecule has 0 saturated heterocycles. The second-order valence-corrected chi connectivity index (χ2v) is 9.09. The van der Waals surface area contributed by atoms with E-state index in [0.29, 0.717) is 42.5 Å². The van der Waals surface area contributed by atoms with Crippen molar-refractivity contribution in [3.05, 3.63) is 47.8 Å². The summed E-state index contributed by atoms with van der Waals surface area (Å²) in [5, 5.41) is 18.5. The van der Waals surface area contributed by atoms with Crippen molar-refractivity contribution in [2.75, 3.05) is 32.7 Å². The fourth-order valence-electron chi connectivity index (χ4n) is 3.27. The highest BCUT2D eigenvalue weighted by Crippen LogP contribution is 2.36. The van der Waals surface area contributed by atoms with Crippen LogP contribution in [0.2, 0.25) is 0 Å². The van der Waals surface area contributed by atoms with Crippen molar-refractivity contribution >= 4 is 17.3 Å². The van der Waals surface area contributed by atoms with E-state index in [2.05, 4.69) is 24.9 Å². The summed E-state index contributed by atoms with van der Waals surface area (Å²) in [4.78, 5) is 8.29. The summed E-state index contributed by atoms with van der Waals surface area (Å²) in [6.45, 7) is 4.04. The van der Waals surface area contributed by atoms with Crippen LogP contribution in [0.3, 0.4) is 0 Å². The first kappa shape index (κ1) is 25.7. The van der Waals surface area contributed by atoms with Crippen LogP contribution < -0.4 is 14.2 Å². The first-order valence-corrected chi connectivity index (χ1v) is 11.9. The number of aromatic nitrogens is 5. The van der Waals surface area contributed by atoms with Crippen molar-refractivity contribution in [2.24, 2.45) is 0 Å². The average Bonchev–Trinajstić information content (AvgIpc) is 3.24. The summed E-state index contributed by atoms with van der Waals surface area (Å²) >= 11 is -1.76. The van der Waals surface area contributed by atoms with Crippen LogP contribution in [-0.4, -0.2) is 67.6 Å². The van der Waals surface area contributed by atoms with Crippen LogP contribution in [0.25, 0.3) is 5.69 Å². The number of nitrogens with zero attached hydrogens (tertiary/aromatic N) is 5. The Morgan fingerprint density at radius 3 is 2.35 bits per heavy atom. The largest absolute Gasteiger partial charge is 0.593 e. The van der Waals surface area contributed by atoms with Gasteiger partial charge in [0, 0.05) is 32.5 Å². The fraction of sp³-hybridized carbons (Fsp3) is 0.455. The first-order chi connectivity index (χ1) is 16.4. The van der Waals surface area contributed by atoms with E-state index in [1.807, 2.05) is 6.92 Å². The number of hydrogen-bond acceptors (Lipinski definition) is 10. The van der Waals surface area contributed by atoms with Crippen molar-refractivity contribution in [1.29, 1.82) is 0 Å². The van der Waals surface area contributed by atoms with E-state index in [1.54, 1.807) is 63.4 Å². The molecule has 34 heavy (non-hydrogen) atoms. The molecule has 0 aliphatic carbocycles. The number of hydrogen-bond donors (Lipinski definition) is 2. The topological polar surface area (TPSA) is 140 Å². The summed E-state index contributed by atoms with van der Waals surface area (Å²) in [5.41, 5.74) is 1.43. The Labute approximate surface area is 201 Å². The van der Waals surface area contributed by atoms with Gasteiger partial charge in [-0.3, -0.25) is 4.57 Å². The van der Waals surface area contributed by atoms with Gasteiger partial charge in [-0.05, 0) is 38.0 Å². The highest BCUT2D eigenvalue weighted by molar-refractivity contribution is 7.93. The van der Waals surface area contributed by atoms with Gasteiger partial charge in [-0.2, -0.15) is 4.72 Å². The van der Waals surface area contributed by atoms with Crippen molar-refractivity contribution in [2.45, 2.75) is 38.0 Å². The van der Waals surface area contributed by atoms with Crippen LogP contribution in [0.1, 0.15) is 36.7 Å². The molecule has 0 fully saturated rings. The molecule has 0 aliphatic rings. The van der Waals surface area contributed by atoms with Gasteiger partial charge in [-0.1, -0.05) is 6.07 Å². The van der Waals surface area contributed by atoms with E-state index in [-0.39, 0.29) is 11.8 Å². The molecule has 3 aromatic rings. The SMILES string of the molecule is COCCCc1nnc(N[S+]([O-])C(C)C(O)c2ncc(C)cn2)n1-c1c(OC)cccc1OC. The molecule has 0 saturated carbocycles. The molecule has 0 spiro atoms. The van der Waals surface area contributed by atoms with Gasteiger partial charge in [-0.25, -0.2) is 9.97 Å². The Balaban J connectivity index is 1.95. The quantitative estimate of drug-likeness (QED) is 0.287. The molecule has 0 radical (unpaired) electrons. The lowest BCUT2D eigenvalue weighted by Crippen LogP contribution is -2.32. The normalized spacial score (nSPS) is 13.9. The van der Waals surface area contributed by atoms with Crippen LogP contribution in [0.15, 0.2) is 30.6 Å². The number of ether oxygens (including phenoxy) is 3. The molecule has 12 heteroatoms. The summed E-state index contributed by atoms with van der Waals surface area (Å²) < 4.78 is 34.1. The van der Waals surface area contributed by atoms with E-state index in [1.165, 1.54) is 0 Å². The molecule has 2 N–H and O–H groups in total. The minimum atomic E-state index is -1.76. The molecule has 2 aromatic heterocycles. The molecule has 0 aliphatic heterocycles. The van der Waals surface area contributed by atoms with Crippen LogP contribution in [0, 0.1) is 6.92 Å². The van der Waals surface area contributed by atoms with E-state index < -0.39 is 22.7 Å². The van der Waals surface area contributed by atoms with Crippen molar-refractivity contribution in [3.8, 4) is 17.2 Å². The lowest BCUT2D eigenvalue weighted by molar-refractivity contribution is 0.166. The summed E-state index contributed by atoms with van der Waals surface area (Å²) in [7, 11) is 4.74. The van der Waals surface area contributed by atoms with Crippen LogP contribution >= 0.6 is 0 Å². The van der Waals surface area contributed by atoms with Crippen molar-refractivity contribution in [1.82, 2.24) is 24.7 Å². The van der Waals surface area contributed by atoms with Crippen LogP contribution in [0.5, 0.6) is 11.5 Å². The number of methoxy groups -OCH3 is 3. The summed E-state index contributed by atoms with van der Waals surface area (Å²) in [5.74, 6) is 2.08. The molecular weight excluding hydrogens is 460 g/mol. The van der Waals surface area contributed by atoms with Gasteiger partial charge >= 0.3 is 0 Å². The number of aryl methyl sites for hydroxylation is 2. The van der Waals surface area contributed by atoms with Gasteiger partial charge in [0.1, 0.15) is 23.0 Å². The molecule has 3 rings (SSSR count). The minimum Gasteiger partial charge on any atom is -0.593 e. The molecular formula is C22H30N6O5S. The number of para-hydroxylation sites is 1. The molecule has 2 heterocycles.